The van der Waals surface area contributed by atoms with Gasteiger partial charge in [0, 0.05) is 44.5 Å². The molecule has 0 bridgehead atoms. The number of nitrogens with zero attached hydrogens (tertiary/aromatic N) is 4. The number of benzene rings is 1. The first-order valence-electron chi connectivity index (χ1n) is 8.96. The maximum atomic E-state index is 11.8. The Hall–Kier alpha value is -2.83. The number of hydrogen-bond donors (Lipinski definition) is 1. The van der Waals surface area contributed by atoms with E-state index in [2.05, 4.69) is 32.3 Å². The van der Waals surface area contributed by atoms with Crippen molar-refractivity contribution in [2.75, 3.05) is 43.0 Å². The molecule has 1 aliphatic rings. The Bertz CT molecular complexity index is 730. The molecule has 7 heteroatoms. The van der Waals surface area contributed by atoms with Crippen molar-refractivity contribution in [3.05, 3.63) is 47.7 Å². The van der Waals surface area contributed by atoms with E-state index in [9.17, 15) is 4.79 Å². The van der Waals surface area contributed by atoms with Gasteiger partial charge in [0.15, 0.2) is 0 Å². The van der Waals surface area contributed by atoms with Crippen LogP contribution in [0.4, 0.5) is 16.6 Å². The number of aryl methyl sites for hydroxylation is 1. The maximum absolute atomic E-state index is 11.8. The molecule has 1 saturated heterocycles. The molecule has 7 nitrogen and oxygen atoms in total. The first kappa shape index (κ1) is 18.0. The highest BCUT2D eigenvalue weighted by molar-refractivity contribution is 5.68. The van der Waals surface area contributed by atoms with Crippen molar-refractivity contribution in [1.82, 2.24) is 14.9 Å². The normalized spacial score (nSPS) is 14.2. The molecule has 2 heterocycles. The van der Waals surface area contributed by atoms with Gasteiger partial charge in [-0.05, 0) is 19.4 Å². The Morgan fingerprint density at radius 3 is 2.58 bits per heavy atom. The molecule has 0 aliphatic carbocycles. The van der Waals surface area contributed by atoms with Gasteiger partial charge in [0.25, 0.3) is 0 Å². The molecule has 138 valence electrons. The van der Waals surface area contributed by atoms with Crippen LogP contribution in [0.1, 0.15) is 18.2 Å². The van der Waals surface area contributed by atoms with Gasteiger partial charge < -0.3 is 19.9 Å². The second kappa shape index (κ2) is 8.51. The van der Waals surface area contributed by atoms with E-state index in [4.69, 9.17) is 4.74 Å². The lowest BCUT2D eigenvalue weighted by Crippen LogP contribution is -2.49. The van der Waals surface area contributed by atoms with Crippen molar-refractivity contribution in [3.63, 3.8) is 0 Å². The van der Waals surface area contributed by atoms with Gasteiger partial charge in [-0.15, -0.1) is 0 Å². The third-order valence-corrected chi connectivity index (χ3v) is 4.25. The molecule has 1 aliphatic heterocycles. The number of rotatable bonds is 5. The lowest BCUT2D eigenvalue weighted by molar-refractivity contribution is 0.105. The number of piperazine rings is 1. The zero-order valence-electron chi connectivity index (χ0n) is 15.3. The van der Waals surface area contributed by atoms with Crippen molar-refractivity contribution in [2.24, 2.45) is 0 Å². The third kappa shape index (κ3) is 4.62. The summed E-state index contributed by atoms with van der Waals surface area (Å²) in [5.74, 6) is 1.51. The van der Waals surface area contributed by atoms with Gasteiger partial charge in [-0.1, -0.05) is 30.3 Å². The quantitative estimate of drug-likeness (QED) is 0.889. The third-order valence-electron chi connectivity index (χ3n) is 4.25. The fraction of sp³-hybridized carbons (Fsp3) is 0.421. The standard InChI is InChI=1S/C19H25N5O2/c1-3-26-19(25)24-11-9-23(10-12-24)18-21-15(2)13-17(22-18)20-14-16-7-5-4-6-8-16/h4-8,13H,3,9-12,14H2,1-2H3,(H,20,21,22). The summed E-state index contributed by atoms with van der Waals surface area (Å²) < 4.78 is 5.06. The van der Waals surface area contributed by atoms with E-state index in [-0.39, 0.29) is 6.09 Å². The lowest BCUT2D eigenvalue weighted by atomic mass is 10.2. The number of amides is 1. The molecule has 1 amide bonds. The van der Waals surface area contributed by atoms with Crippen molar-refractivity contribution in [3.8, 4) is 0 Å². The second-order valence-corrected chi connectivity index (χ2v) is 6.21. The van der Waals surface area contributed by atoms with E-state index >= 15 is 0 Å². The van der Waals surface area contributed by atoms with Crippen molar-refractivity contribution < 1.29 is 9.53 Å². The summed E-state index contributed by atoms with van der Waals surface area (Å²) in [5.41, 5.74) is 2.12. The molecule has 3 rings (SSSR count). The zero-order valence-corrected chi connectivity index (χ0v) is 15.3. The largest absolute Gasteiger partial charge is 0.450 e. The minimum atomic E-state index is -0.248. The van der Waals surface area contributed by atoms with Crippen LogP contribution in [0.2, 0.25) is 0 Å². The Morgan fingerprint density at radius 1 is 1.15 bits per heavy atom. The van der Waals surface area contributed by atoms with Gasteiger partial charge in [-0.25, -0.2) is 9.78 Å². The summed E-state index contributed by atoms with van der Waals surface area (Å²) in [7, 11) is 0. The van der Waals surface area contributed by atoms with Crippen molar-refractivity contribution >= 4 is 17.9 Å². The van der Waals surface area contributed by atoms with E-state index < -0.39 is 0 Å². The summed E-state index contributed by atoms with van der Waals surface area (Å²) in [6.07, 6.45) is -0.248. The van der Waals surface area contributed by atoms with Crippen LogP contribution in [0.15, 0.2) is 36.4 Å². The van der Waals surface area contributed by atoms with Gasteiger partial charge in [0.05, 0.1) is 6.61 Å². The number of carbonyl (C=O) groups excluding carboxylic acids is 1. The van der Waals surface area contributed by atoms with Crippen LogP contribution >= 0.6 is 0 Å². The number of aromatic nitrogens is 2. The molecule has 1 fully saturated rings. The molecule has 1 aromatic heterocycles. The van der Waals surface area contributed by atoms with E-state index in [1.807, 2.05) is 38.1 Å². The molecule has 2 aromatic rings. The molecular weight excluding hydrogens is 330 g/mol. The van der Waals surface area contributed by atoms with E-state index in [0.29, 0.717) is 45.3 Å². The summed E-state index contributed by atoms with van der Waals surface area (Å²) >= 11 is 0. The number of anilines is 2. The highest BCUT2D eigenvalue weighted by Gasteiger charge is 2.23. The van der Waals surface area contributed by atoms with Crippen LogP contribution in [0, 0.1) is 6.92 Å². The van der Waals surface area contributed by atoms with Gasteiger partial charge >= 0.3 is 6.09 Å². The van der Waals surface area contributed by atoms with Crippen molar-refractivity contribution in [2.45, 2.75) is 20.4 Å². The first-order valence-corrected chi connectivity index (χ1v) is 8.96. The Labute approximate surface area is 154 Å². The molecular formula is C19H25N5O2. The highest BCUT2D eigenvalue weighted by Crippen LogP contribution is 2.17. The van der Waals surface area contributed by atoms with Gasteiger partial charge in [0.2, 0.25) is 5.95 Å². The predicted molar refractivity (Wildman–Crippen MR) is 101 cm³/mol. The Balaban J connectivity index is 1.62. The van der Waals surface area contributed by atoms with Gasteiger partial charge in [-0.2, -0.15) is 4.98 Å². The number of carbonyl (C=O) groups is 1. The molecule has 26 heavy (non-hydrogen) atoms. The molecule has 0 saturated carbocycles. The number of nitrogens with one attached hydrogen (secondary N) is 1. The number of hydrogen-bond acceptors (Lipinski definition) is 6. The maximum Gasteiger partial charge on any atom is 0.409 e. The monoisotopic (exact) mass is 355 g/mol. The van der Waals surface area contributed by atoms with Crippen LogP contribution < -0.4 is 10.2 Å². The Morgan fingerprint density at radius 2 is 1.88 bits per heavy atom. The average molecular weight is 355 g/mol. The summed E-state index contributed by atoms with van der Waals surface area (Å²) in [5, 5.41) is 3.36. The SMILES string of the molecule is CCOC(=O)N1CCN(c2nc(C)cc(NCc3ccccc3)n2)CC1. The van der Waals surface area contributed by atoms with E-state index in [1.165, 1.54) is 5.56 Å². The lowest BCUT2D eigenvalue weighted by Gasteiger charge is -2.34. The van der Waals surface area contributed by atoms with E-state index in [0.717, 1.165) is 11.5 Å². The number of ether oxygens (including phenoxy) is 1. The highest BCUT2D eigenvalue weighted by atomic mass is 16.6. The minimum Gasteiger partial charge on any atom is -0.450 e. The molecule has 0 unspecified atom stereocenters. The second-order valence-electron chi connectivity index (χ2n) is 6.21. The first-order chi connectivity index (χ1) is 12.7. The molecule has 1 aromatic carbocycles. The predicted octanol–water partition coefficient (Wildman–Crippen LogP) is 2.68. The molecule has 0 atom stereocenters. The molecule has 1 N–H and O–H groups in total. The van der Waals surface area contributed by atoms with Crippen LogP contribution in [0.3, 0.4) is 0 Å². The average Bonchev–Trinajstić information content (AvgIpc) is 2.67. The van der Waals surface area contributed by atoms with Crippen LogP contribution in [0.25, 0.3) is 0 Å². The summed E-state index contributed by atoms with van der Waals surface area (Å²) in [6.45, 7) is 7.52. The van der Waals surface area contributed by atoms with E-state index in [1.54, 1.807) is 4.90 Å². The smallest absolute Gasteiger partial charge is 0.409 e. The fourth-order valence-electron chi connectivity index (χ4n) is 2.88. The summed E-state index contributed by atoms with van der Waals surface area (Å²) in [6, 6.07) is 12.2. The van der Waals surface area contributed by atoms with Crippen LogP contribution in [0.5, 0.6) is 0 Å². The minimum absolute atomic E-state index is 0.248. The van der Waals surface area contributed by atoms with Gasteiger partial charge in [0.1, 0.15) is 5.82 Å². The van der Waals surface area contributed by atoms with Crippen LogP contribution in [-0.4, -0.2) is 53.7 Å². The molecule has 0 spiro atoms. The Kier molecular flexibility index (Phi) is 5.88. The fourth-order valence-corrected chi connectivity index (χ4v) is 2.88. The zero-order chi connectivity index (χ0) is 18.4. The molecule has 0 radical (unpaired) electrons. The topological polar surface area (TPSA) is 70.6 Å². The summed E-state index contributed by atoms with van der Waals surface area (Å²) in [4.78, 5) is 24.9. The van der Waals surface area contributed by atoms with Crippen LogP contribution in [-0.2, 0) is 11.3 Å². The van der Waals surface area contributed by atoms with Gasteiger partial charge in [-0.3, -0.25) is 0 Å². The van der Waals surface area contributed by atoms with Crippen molar-refractivity contribution in [1.29, 1.82) is 0 Å².